The van der Waals surface area contributed by atoms with Crippen LogP contribution in [0.1, 0.15) is 30.1 Å². The van der Waals surface area contributed by atoms with Crippen LogP contribution in [0.4, 0.5) is 5.69 Å². The van der Waals surface area contributed by atoms with Gasteiger partial charge < -0.3 is 24.6 Å². The lowest BCUT2D eigenvalue weighted by Crippen LogP contribution is -2.34. The number of para-hydroxylation sites is 1. The van der Waals surface area contributed by atoms with Crippen molar-refractivity contribution in [2.75, 3.05) is 19.0 Å². The van der Waals surface area contributed by atoms with Crippen molar-refractivity contribution in [3.8, 4) is 22.9 Å². The average molecular weight is 424 g/mol. The van der Waals surface area contributed by atoms with Gasteiger partial charge in [-0.2, -0.15) is 4.98 Å². The van der Waals surface area contributed by atoms with Crippen LogP contribution in [0.2, 0.25) is 0 Å². The molecule has 0 radical (unpaired) electrons. The summed E-state index contributed by atoms with van der Waals surface area (Å²) in [5.41, 5.74) is 1.53. The minimum atomic E-state index is -0.352. The van der Waals surface area contributed by atoms with E-state index >= 15 is 0 Å². The van der Waals surface area contributed by atoms with Crippen LogP contribution in [0.3, 0.4) is 0 Å². The summed E-state index contributed by atoms with van der Waals surface area (Å²) >= 11 is 0. The molecule has 2 aromatic carbocycles. The molecule has 2 N–H and O–H groups in total. The number of methoxy groups -OCH3 is 1. The fourth-order valence-electron chi connectivity index (χ4n) is 2.83. The molecule has 0 aliphatic heterocycles. The van der Waals surface area contributed by atoms with E-state index in [1.807, 2.05) is 19.9 Å². The number of nitrogens with zero attached hydrogens (tertiary/aromatic N) is 2. The standard InChI is InChI=1S/C22H24N4O5/c1-13(2)23-20(27)12-30-18-10-9-15(11-19(18)29-4)22(28)25-17-8-6-5-7-16(17)21-24-14(3)31-26-21/h5-11,13H,12H2,1-4H3,(H,23,27)(H,25,28). The predicted octanol–water partition coefficient (Wildman–Crippen LogP) is 3.21. The first kappa shape index (κ1) is 21.8. The van der Waals surface area contributed by atoms with Crippen molar-refractivity contribution in [1.29, 1.82) is 0 Å². The average Bonchev–Trinajstić information content (AvgIpc) is 3.18. The molecule has 1 aromatic heterocycles. The molecular weight excluding hydrogens is 400 g/mol. The van der Waals surface area contributed by atoms with Crippen LogP contribution in [-0.2, 0) is 4.79 Å². The number of carbonyl (C=O) groups is 2. The van der Waals surface area contributed by atoms with Gasteiger partial charge in [-0.3, -0.25) is 9.59 Å². The monoisotopic (exact) mass is 424 g/mol. The van der Waals surface area contributed by atoms with Crippen molar-refractivity contribution in [2.24, 2.45) is 0 Å². The Morgan fingerprint density at radius 1 is 1.13 bits per heavy atom. The minimum absolute atomic E-state index is 0.0170. The molecule has 0 bridgehead atoms. The van der Waals surface area contributed by atoms with E-state index in [9.17, 15) is 9.59 Å². The van der Waals surface area contributed by atoms with E-state index in [0.29, 0.717) is 40.0 Å². The molecule has 3 rings (SSSR count). The van der Waals surface area contributed by atoms with Crippen molar-refractivity contribution in [3.05, 3.63) is 53.9 Å². The van der Waals surface area contributed by atoms with Gasteiger partial charge in [0.05, 0.1) is 12.8 Å². The van der Waals surface area contributed by atoms with E-state index in [0.717, 1.165) is 0 Å². The molecule has 3 aromatic rings. The van der Waals surface area contributed by atoms with Gasteiger partial charge in [-0.25, -0.2) is 0 Å². The largest absolute Gasteiger partial charge is 0.493 e. The third kappa shape index (κ3) is 5.59. The van der Waals surface area contributed by atoms with Gasteiger partial charge in [-0.15, -0.1) is 0 Å². The smallest absolute Gasteiger partial charge is 0.258 e. The highest BCUT2D eigenvalue weighted by Crippen LogP contribution is 2.30. The van der Waals surface area contributed by atoms with E-state index in [1.54, 1.807) is 43.3 Å². The van der Waals surface area contributed by atoms with Crippen molar-refractivity contribution >= 4 is 17.5 Å². The molecule has 0 fully saturated rings. The van der Waals surface area contributed by atoms with Crippen molar-refractivity contribution in [3.63, 3.8) is 0 Å². The summed E-state index contributed by atoms with van der Waals surface area (Å²) in [4.78, 5) is 28.8. The maximum Gasteiger partial charge on any atom is 0.258 e. The molecule has 1 heterocycles. The van der Waals surface area contributed by atoms with Gasteiger partial charge in [0.1, 0.15) is 0 Å². The quantitative estimate of drug-likeness (QED) is 0.570. The number of amides is 2. The Labute approximate surface area is 179 Å². The van der Waals surface area contributed by atoms with Gasteiger partial charge in [-0.05, 0) is 44.2 Å². The second kappa shape index (κ2) is 9.75. The van der Waals surface area contributed by atoms with Crippen LogP contribution < -0.4 is 20.1 Å². The first-order valence-corrected chi connectivity index (χ1v) is 9.68. The van der Waals surface area contributed by atoms with Crippen LogP contribution in [0.25, 0.3) is 11.4 Å². The van der Waals surface area contributed by atoms with Gasteiger partial charge in [0, 0.05) is 24.1 Å². The molecule has 0 saturated carbocycles. The topological polar surface area (TPSA) is 116 Å². The van der Waals surface area contributed by atoms with Crippen molar-refractivity contribution < 1.29 is 23.6 Å². The van der Waals surface area contributed by atoms with Gasteiger partial charge in [0.15, 0.2) is 18.1 Å². The number of aromatic nitrogens is 2. The third-order valence-corrected chi connectivity index (χ3v) is 4.18. The van der Waals surface area contributed by atoms with E-state index < -0.39 is 0 Å². The molecule has 0 spiro atoms. The number of ether oxygens (including phenoxy) is 2. The van der Waals surface area contributed by atoms with Crippen LogP contribution >= 0.6 is 0 Å². The van der Waals surface area contributed by atoms with Crippen LogP contribution in [-0.4, -0.2) is 41.7 Å². The highest BCUT2D eigenvalue weighted by Gasteiger charge is 2.16. The summed E-state index contributed by atoms with van der Waals surface area (Å²) in [5, 5.41) is 9.51. The van der Waals surface area contributed by atoms with Crippen molar-refractivity contribution in [2.45, 2.75) is 26.8 Å². The number of anilines is 1. The summed E-state index contributed by atoms with van der Waals surface area (Å²) < 4.78 is 15.9. The molecule has 31 heavy (non-hydrogen) atoms. The zero-order valence-electron chi connectivity index (χ0n) is 17.8. The van der Waals surface area contributed by atoms with Gasteiger partial charge in [0.2, 0.25) is 11.7 Å². The maximum atomic E-state index is 12.8. The minimum Gasteiger partial charge on any atom is -0.493 e. The molecule has 0 unspecified atom stereocenters. The lowest BCUT2D eigenvalue weighted by Gasteiger charge is -2.14. The summed E-state index contributed by atoms with van der Waals surface area (Å²) in [6, 6.07) is 11.9. The highest BCUT2D eigenvalue weighted by atomic mass is 16.5. The first-order chi connectivity index (χ1) is 14.9. The Bertz CT molecular complexity index is 1080. The molecule has 9 heteroatoms. The number of aryl methyl sites for hydroxylation is 1. The zero-order valence-corrected chi connectivity index (χ0v) is 17.8. The molecule has 0 atom stereocenters. The SMILES string of the molecule is COc1cc(C(=O)Nc2ccccc2-c2noc(C)n2)ccc1OCC(=O)NC(C)C. The lowest BCUT2D eigenvalue weighted by molar-refractivity contribution is -0.123. The first-order valence-electron chi connectivity index (χ1n) is 9.68. The van der Waals surface area contributed by atoms with Gasteiger partial charge >= 0.3 is 0 Å². The summed E-state index contributed by atoms with van der Waals surface area (Å²) in [7, 11) is 1.46. The normalized spacial score (nSPS) is 10.6. The van der Waals surface area contributed by atoms with E-state index in [-0.39, 0.29) is 24.5 Å². The Balaban J connectivity index is 1.75. The predicted molar refractivity (Wildman–Crippen MR) is 114 cm³/mol. The van der Waals surface area contributed by atoms with Gasteiger partial charge in [0.25, 0.3) is 11.8 Å². The molecule has 0 aliphatic rings. The number of hydrogen-bond donors (Lipinski definition) is 2. The molecular formula is C22H24N4O5. The number of hydrogen-bond acceptors (Lipinski definition) is 7. The van der Waals surface area contributed by atoms with Crippen LogP contribution in [0.5, 0.6) is 11.5 Å². The zero-order chi connectivity index (χ0) is 22.4. The Morgan fingerprint density at radius 3 is 2.58 bits per heavy atom. The number of nitrogens with one attached hydrogen (secondary N) is 2. The number of rotatable bonds is 8. The Kier molecular flexibility index (Phi) is 6.86. The van der Waals surface area contributed by atoms with Crippen LogP contribution in [0.15, 0.2) is 47.0 Å². The third-order valence-electron chi connectivity index (χ3n) is 4.18. The Hall–Kier alpha value is -3.88. The molecule has 162 valence electrons. The maximum absolute atomic E-state index is 12.8. The van der Waals surface area contributed by atoms with E-state index in [4.69, 9.17) is 14.0 Å². The van der Waals surface area contributed by atoms with Crippen molar-refractivity contribution in [1.82, 2.24) is 15.5 Å². The number of benzene rings is 2. The summed E-state index contributed by atoms with van der Waals surface area (Å²) in [6.45, 7) is 5.27. The highest BCUT2D eigenvalue weighted by molar-refractivity contribution is 6.06. The number of carbonyl (C=O) groups excluding carboxylic acids is 2. The lowest BCUT2D eigenvalue weighted by atomic mass is 10.1. The molecule has 0 aliphatic carbocycles. The molecule has 0 saturated heterocycles. The molecule has 9 nitrogen and oxygen atoms in total. The van der Waals surface area contributed by atoms with Crippen LogP contribution in [0, 0.1) is 6.92 Å². The van der Waals surface area contributed by atoms with E-state index in [2.05, 4.69) is 20.8 Å². The summed E-state index contributed by atoms with van der Waals surface area (Å²) in [6.07, 6.45) is 0. The van der Waals surface area contributed by atoms with E-state index in [1.165, 1.54) is 7.11 Å². The second-order valence-electron chi connectivity index (χ2n) is 7.01. The Morgan fingerprint density at radius 2 is 1.90 bits per heavy atom. The van der Waals surface area contributed by atoms with Gasteiger partial charge in [-0.1, -0.05) is 17.3 Å². The summed E-state index contributed by atoms with van der Waals surface area (Å²) in [5.74, 6) is 0.919. The second-order valence-corrected chi connectivity index (χ2v) is 7.01. The molecule has 2 amide bonds. The fraction of sp³-hybridized carbons (Fsp3) is 0.273. The fourth-order valence-corrected chi connectivity index (χ4v) is 2.83.